The SMILES string of the molecule is C.CC(C)CC1CCC1.CC(C)CC1CCCCC1.CC(C)N1CC2CCCC2C1.CC(C)NC(=O)NCC1CCC1.CC(C)NCC1CCC1. The van der Waals surface area contributed by atoms with Crippen molar-refractivity contribution in [2.24, 2.45) is 47.3 Å². The standard InChI is InChI=1S/C10H19N.C10H20.C9H18N2O.C8H17N.C8H16.CH4/c1-8(2)11-6-9-4-3-5-10(9)7-11;1-9(2)8-10-6-4-3-5-7-10;1-7(2)11-9(12)10-6-8-4-3-5-8;1-7(2)9-6-8-4-3-5-8;1-7(2)6-8-4-3-5-8;/h8-10H,3-7H2,1-2H3;9-10H,3-8H2,1-2H3;7-8H,3-6H2,1-2H3,(H2,10,11,12);7-9H,3-6H2,1-2H3;7-8H,3-6H2,1-2H3;1H4. The second-order valence-electron chi connectivity index (χ2n) is 19.2. The maximum atomic E-state index is 11.1. The lowest BCUT2D eigenvalue weighted by molar-refractivity contribution is 0.230. The Bertz CT molecular complexity index is 811. The average molecular weight is 719 g/mol. The van der Waals surface area contributed by atoms with Gasteiger partial charge >= 0.3 is 6.03 Å². The Morgan fingerprint density at radius 3 is 1.29 bits per heavy atom. The maximum Gasteiger partial charge on any atom is 0.314 e. The summed E-state index contributed by atoms with van der Waals surface area (Å²) >= 11 is 0. The summed E-state index contributed by atoms with van der Waals surface area (Å²) in [4.78, 5) is 13.7. The van der Waals surface area contributed by atoms with Gasteiger partial charge in [0.2, 0.25) is 0 Å². The van der Waals surface area contributed by atoms with Crippen molar-refractivity contribution in [1.29, 1.82) is 0 Å². The van der Waals surface area contributed by atoms with Gasteiger partial charge in [0.1, 0.15) is 0 Å². The number of fused-ring (bicyclic) bond motifs is 1. The van der Waals surface area contributed by atoms with Gasteiger partial charge in [-0.1, -0.05) is 120 Å². The van der Waals surface area contributed by atoms with Crippen LogP contribution in [0.5, 0.6) is 0 Å². The van der Waals surface area contributed by atoms with Gasteiger partial charge in [-0.05, 0) is 133 Å². The second kappa shape index (κ2) is 27.7. The quantitative estimate of drug-likeness (QED) is 0.199. The number of rotatable bonds is 11. The van der Waals surface area contributed by atoms with Crippen molar-refractivity contribution in [1.82, 2.24) is 20.9 Å². The van der Waals surface area contributed by atoms with Crippen LogP contribution in [0.2, 0.25) is 0 Å². The molecule has 51 heavy (non-hydrogen) atoms. The number of urea groups is 1. The van der Waals surface area contributed by atoms with Gasteiger partial charge in [-0.15, -0.1) is 0 Å². The second-order valence-corrected chi connectivity index (χ2v) is 19.2. The van der Waals surface area contributed by atoms with Crippen molar-refractivity contribution >= 4 is 6.03 Å². The topological polar surface area (TPSA) is 56.4 Å². The highest BCUT2D eigenvalue weighted by atomic mass is 16.2. The van der Waals surface area contributed by atoms with E-state index in [9.17, 15) is 4.79 Å². The molecule has 0 aromatic heterocycles. The Hall–Kier alpha value is -0.810. The fourth-order valence-corrected chi connectivity index (χ4v) is 8.52. The predicted molar refractivity (Wildman–Crippen MR) is 227 cm³/mol. The summed E-state index contributed by atoms with van der Waals surface area (Å²) in [5.41, 5.74) is 0. The minimum Gasteiger partial charge on any atom is -0.338 e. The van der Waals surface area contributed by atoms with E-state index in [1.807, 2.05) is 13.8 Å². The molecule has 5 aliphatic carbocycles. The molecule has 6 fully saturated rings. The summed E-state index contributed by atoms with van der Waals surface area (Å²) in [6.07, 6.45) is 27.8. The minimum atomic E-state index is -0.0306. The van der Waals surface area contributed by atoms with Crippen LogP contribution in [-0.4, -0.2) is 55.2 Å². The molecule has 5 heteroatoms. The van der Waals surface area contributed by atoms with Crippen LogP contribution in [-0.2, 0) is 0 Å². The fraction of sp³-hybridized carbons (Fsp3) is 0.978. The molecule has 1 saturated heterocycles. The molecule has 5 saturated carbocycles. The highest BCUT2D eigenvalue weighted by Crippen LogP contribution is 2.38. The first kappa shape index (κ1) is 48.2. The molecule has 1 heterocycles. The molecule has 6 aliphatic rings. The summed E-state index contributed by atoms with van der Waals surface area (Å²) < 4.78 is 0. The average Bonchev–Trinajstić information content (AvgIpc) is 3.58. The third-order valence-electron chi connectivity index (χ3n) is 12.3. The van der Waals surface area contributed by atoms with Crippen molar-refractivity contribution in [3.8, 4) is 0 Å². The Morgan fingerprint density at radius 2 is 0.941 bits per heavy atom. The minimum absolute atomic E-state index is 0. The fourth-order valence-electron chi connectivity index (χ4n) is 8.52. The monoisotopic (exact) mass is 719 g/mol. The van der Waals surface area contributed by atoms with Crippen molar-refractivity contribution < 1.29 is 4.79 Å². The van der Waals surface area contributed by atoms with Crippen LogP contribution in [0.15, 0.2) is 0 Å². The van der Waals surface area contributed by atoms with Crippen molar-refractivity contribution in [3.63, 3.8) is 0 Å². The van der Waals surface area contributed by atoms with Crippen molar-refractivity contribution in [2.45, 2.75) is 217 Å². The molecule has 0 aromatic rings. The van der Waals surface area contributed by atoms with E-state index in [1.54, 1.807) is 0 Å². The summed E-state index contributed by atoms with van der Waals surface area (Å²) in [7, 11) is 0. The van der Waals surface area contributed by atoms with Gasteiger partial charge in [-0.2, -0.15) is 0 Å². The molecule has 0 radical (unpaired) electrons. The maximum absolute atomic E-state index is 11.1. The number of nitrogens with zero attached hydrogens (tertiary/aromatic N) is 1. The van der Waals surface area contributed by atoms with E-state index in [2.05, 4.69) is 76.2 Å². The van der Waals surface area contributed by atoms with Gasteiger partial charge in [-0.3, -0.25) is 0 Å². The number of likely N-dealkylation sites (tertiary alicyclic amines) is 1. The predicted octanol–water partition coefficient (Wildman–Crippen LogP) is 12.5. The number of carbonyl (C=O) groups excluding carboxylic acids is 1. The van der Waals surface area contributed by atoms with Crippen LogP contribution in [0.4, 0.5) is 4.79 Å². The largest absolute Gasteiger partial charge is 0.338 e. The van der Waals surface area contributed by atoms with Crippen molar-refractivity contribution in [3.05, 3.63) is 0 Å². The third kappa shape index (κ3) is 22.9. The van der Waals surface area contributed by atoms with Crippen LogP contribution in [0.3, 0.4) is 0 Å². The Kier molecular flexibility index (Phi) is 26.2. The lowest BCUT2D eigenvalue weighted by Gasteiger charge is -2.26. The van der Waals surface area contributed by atoms with E-state index in [1.165, 1.54) is 142 Å². The van der Waals surface area contributed by atoms with Crippen LogP contribution in [0.25, 0.3) is 0 Å². The summed E-state index contributed by atoms with van der Waals surface area (Å²) in [5.74, 6) is 7.91. The van der Waals surface area contributed by atoms with Crippen LogP contribution < -0.4 is 16.0 Å². The molecule has 3 N–H and O–H groups in total. The van der Waals surface area contributed by atoms with Gasteiger partial charge in [0.15, 0.2) is 0 Å². The number of hydrogen-bond donors (Lipinski definition) is 3. The van der Waals surface area contributed by atoms with E-state index in [-0.39, 0.29) is 19.5 Å². The molecule has 304 valence electrons. The Balaban J connectivity index is 0.000000319. The summed E-state index contributed by atoms with van der Waals surface area (Å²) in [5, 5.41) is 9.11. The molecule has 6 rings (SSSR count). The zero-order valence-electron chi connectivity index (χ0n) is 35.5. The van der Waals surface area contributed by atoms with E-state index in [0.29, 0.717) is 6.04 Å². The number of amides is 2. The highest BCUT2D eigenvalue weighted by molar-refractivity contribution is 5.74. The first-order valence-electron chi connectivity index (χ1n) is 22.3. The van der Waals surface area contributed by atoms with E-state index >= 15 is 0 Å². The van der Waals surface area contributed by atoms with E-state index < -0.39 is 0 Å². The molecule has 2 amide bonds. The zero-order valence-corrected chi connectivity index (χ0v) is 35.5. The molecule has 2 atom stereocenters. The lowest BCUT2D eigenvalue weighted by Crippen LogP contribution is -2.42. The van der Waals surface area contributed by atoms with Crippen LogP contribution in [0, 0.1) is 47.3 Å². The number of carbonyl (C=O) groups is 1. The van der Waals surface area contributed by atoms with Gasteiger partial charge in [-0.25, -0.2) is 4.79 Å². The van der Waals surface area contributed by atoms with E-state index in [4.69, 9.17) is 0 Å². The van der Waals surface area contributed by atoms with Crippen LogP contribution in [0.1, 0.15) is 199 Å². The van der Waals surface area contributed by atoms with E-state index in [0.717, 1.165) is 59.9 Å². The molecular weight excluding hydrogens is 625 g/mol. The molecule has 0 aromatic carbocycles. The van der Waals surface area contributed by atoms with Gasteiger partial charge < -0.3 is 20.9 Å². The summed E-state index contributed by atoms with van der Waals surface area (Å²) in [6.45, 7) is 27.2. The normalized spacial score (nSPS) is 23.6. The summed E-state index contributed by atoms with van der Waals surface area (Å²) in [6, 6.07) is 1.65. The number of nitrogens with one attached hydrogen (secondary N) is 3. The molecule has 0 spiro atoms. The van der Waals surface area contributed by atoms with Gasteiger partial charge in [0.05, 0.1) is 0 Å². The first-order chi connectivity index (χ1) is 23.8. The smallest absolute Gasteiger partial charge is 0.314 e. The van der Waals surface area contributed by atoms with Gasteiger partial charge in [0.25, 0.3) is 0 Å². The van der Waals surface area contributed by atoms with Crippen molar-refractivity contribution in [2.75, 3.05) is 26.2 Å². The molecule has 1 aliphatic heterocycles. The van der Waals surface area contributed by atoms with Gasteiger partial charge in [0, 0.05) is 37.8 Å². The molecule has 0 bridgehead atoms. The first-order valence-corrected chi connectivity index (χ1v) is 22.3. The molecular formula is C46H94N4O. The molecule has 5 nitrogen and oxygen atoms in total. The Morgan fingerprint density at radius 1 is 0.529 bits per heavy atom. The zero-order chi connectivity index (χ0) is 36.9. The highest BCUT2D eigenvalue weighted by Gasteiger charge is 2.36. The number of hydrogen-bond acceptors (Lipinski definition) is 3. The third-order valence-corrected chi connectivity index (χ3v) is 12.3. The Labute approximate surface area is 321 Å². The molecule has 2 unspecified atom stereocenters. The lowest BCUT2D eigenvalue weighted by atomic mass is 9.80. The van der Waals surface area contributed by atoms with Crippen LogP contribution >= 0.6 is 0 Å².